The molecule has 5 heteroatoms. The second-order valence-electron chi connectivity index (χ2n) is 2.98. The smallest absolute Gasteiger partial charge is 0.315 e. The summed E-state index contributed by atoms with van der Waals surface area (Å²) in [5.74, 6) is -0.821. The lowest BCUT2D eigenvalue weighted by atomic mass is 10.3. The Kier molecular flexibility index (Phi) is 4.40. The topological polar surface area (TPSA) is 71.2 Å². The highest BCUT2D eigenvalue weighted by atomic mass is 16.5. The van der Waals surface area contributed by atoms with E-state index in [9.17, 15) is 9.59 Å². The van der Waals surface area contributed by atoms with Crippen molar-refractivity contribution in [2.75, 3.05) is 6.61 Å². The Balaban J connectivity index is 2.22. The number of nitrogens with one attached hydrogen (secondary N) is 2. The van der Waals surface area contributed by atoms with E-state index in [-0.39, 0.29) is 12.3 Å². The summed E-state index contributed by atoms with van der Waals surface area (Å²) < 4.78 is 4.64. The molecule has 0 fully saturated rings. The number of esters is 1. The third kappa shape index (κ3) is 4.30. The van der Waals surface area contributed by atoms with Crippen LogP contribution in [0.2, 0.25) is 0 Å². The molecule has 1 aromatic heterocycles. The predicted octanol–water partition coefficient (Wildman–Crippen LogP) is 0.584. The Morgan fingerprint density at radius 2 is 2.33 bits per heavy atom. The summed E-state index contributed by atoms with van der Waals surface area (Å²) in [7, 11) is 0. The summed E-state index contributed by atoms with van der Waals surface area (Å²) in [5, 5.41) is 2.61. The number of aromatic nitrogens is 1. The lowest BCUT2D eigenvalue weighted by Gasteiger charge is -2.03. The molecule has 0 unspecified atom stereocenters. The molecule has 0 spiro atoms. The van der Waals surface area contributed by atoms with Crippen LogP contribution >= 0.6 is 0 Å². The third-order valence-corrected chi connectivity index (χ3v) is 1.76. The number of rotatable bonds is 5. The number of hydrogen-bond acceptors (Lipinski definition) is 3. The van der Waals surface area contributed by atoms with E-state index in [0.717, 1.165) is 5.56 Å². The van der Waals surface area contributed by atoms with Crippen LogP contribution in [0, 0.1) is 0 Å². The number of aromatic amines is 1. The van der Waals surface area contributed by atoms with E-state index in [1.807, 2.05) is 6.07 Å². The van der Waals surface area contributed by atoms with Crippen molar-refractivity contribution in [1.82, 2.24) is 10.3 Å². The Morgan fingerprint density at radius 3 is 2.93 bits per heavy atom. The third-order valence-electron chi connectivity index (χ3n) is 1.76. The Hall–Kier alpha value is -1.78. The van der Waals surface area contributed by atoms with Gasteiger partial charge in [-0.25, -0.2) is 0 Å². The molecule has 2 N–H and O–H groups in total. The number of amides is 1. The molecule has 0 saturated heterocycles. The van der Waals surface area contributed by atoms with E-state index in [1.54, 1.807) is 19.3 Å². The summed E-state index contributed by atoms with van der Waals surface area (Å²) in [5.41, 5.74) is 0.965. The highest BCUT2D eigenvalue weighted by molar-refractivity contribution is 5.94. The van der Waals surface area contributed by atoms with Crippen LogP contribution in [-0.4, -0.2) is 23.5 Å². The van der Waals surface area contributed by atoms with Crippen LogP contribution in [-0.2, 0) is 20.9 Å². The summed E-state index contributed by atoms with van der Waals surface area (Å²) in [6, 6.07) is 1.85. The normalized spacial score (nSPS) is 9.67. The van der Waals surface area contributed by atoms with Gasteiger partial charge in [0.05, 0.1) is 6.61 Å². The molecule has 0 saturated carbocycles. The molecular weight excluding hydrogens is 196 g/mol. The van der Waals surface area contributed by atoms with E-state index >= 15 is 0 Å². The lowest BCUT2D eigenvalue weighted by Crippen LogP contribution is -2.25. The molecule has 15 heavy (non-hydrogen) atoms. The van der Waals surface area contributed by atoms with Gasteiger partial charge in [0.15, 0.2) is 0 Å². The maximum Gasteiger partial charge on any atom is 0.315 e. The molecule has 5 nitrogen and oxygen atoms in total. The lowest BCUT2D eigenvalue weighted by molar-refractivity contribution is -0.146. The highest BCUT2D eigenvalue weighted by Crippen LogP contribution is 1.95. The van der Waals surface area contributed by atoms with Crippen LogP contribution in [0.4, 0.5) is 0 Å². The summed E-state index contributed by atoms with van der Waals surface area (Å²) >= 11 is 0. The molecule has 0 bridgehead atoms. The molecule has 1 heterocycles. The minimum absolute atomic E-state index is 0.224. The van der Waals surface area contributed by atoms with Crippen LogP contribution in [0.5, 0.6) is 0 Å². The predicted molar refractivity (Wildman–Crippen MR) is 53.9 cm³/mol. The van der Waals surface area contributed by atoms with Gasteiger partial charge in [0.1, 0.15) is 6.42 Å². The summed E-state index contributed by atoms with van der Waals surface area (Å²) in [6.07, 6.45) is 3.33. The molecule has 82 valence electrons. The molecule has 0 aliphatic heterocycles. The Morgan fingerprint density at radius 1 is 1.53 bits per heavy atom. The van der Waals surface area contributed by atoms with Crippen molar-refractivity contribution in [2.24, 2.45) is 0 Å². The largest absolute Gasteiger partial charge is 0.466 e. The van der Waals surface area contributed by atoms with Crippen molar-refractivity contribution in [3.63, 3.8) is 0 Å². The fraction of sp³-hybridized carbons (Fsp3) is 0.400. The Labute approximate surface area is 87.8 Å². The quantitative estimate of drug-likeness (QED) is 0.551. The molecule has 0 radical (unpaired) electrons. The first-order chi connectivity index (χ1) is 7.22. The van der Waals surface area contributed by atoms with E-state index in [2.05, 4.69) is 15.0 Å². The average molecular weight is 210 g/mol. The van der Waals surface area contributed by atoms with Crippen LogP contribution in [0.3, 0.4) is 0 Å². The molecule has 0 atom stereocenters. The van der Waals surface area contributed by atoms with Crippen molar-refractivity contribution in [1.29, 1.82) is 0 Å². The molecule has 0 aliphatic carbocycles. The van der Waals surface area contributed by atoms with Crippen molar-refractivity contribution >= 4 is 11.9 Å². The van der Waals surface area contributed by atoms with Gasteiger partial charge >= 0.3 is 5.97 Å². The minimum Gasteiger partial charge on any atom is -0.466 e. The van der Waals surface area contributed by atoms with Crippen LogP contribution < -0.4 is 5.32 Å². The van der Waals surface area contributed by atoms with Gasteiger partial charge < -0.3 is 15.0 Å². The standard InChI is InChI=1S/C10H14N2O3/c1-2-15-10(14)5-9(13)12-7-8-3-4-11-6-8/h3-4,6,11H,2,5,7H2,1H3,(H,12,13). The van der Waals surface area contributed by atoms with Crippen molar-refractivity contribution in [2.45, 2.75) is 19.9 Å². The first-order valence-corrected chi connectivity index (χ1v) is 4.76. The highest BCUT2D eigenvalue weighted by Gasteiger charge is 2.09. The van der Waals surface area contributed by atoms with Gasteiger partial charge in [0.2, 0.25) is 5.91 Å². The zero-order chi connectivity index (χ0) is 11.1. The maximum atomic E-state index is 11.2. The molecule has 1 rings (SSSR count). The summed E-state index contributed by atoms with van der Waals surface area (Å²) in [6.45, 7) is 2.42. The van der Waals surface area contributed by atoms with Crippen LogP contribution in [0.15, 0.2) is 18.5 Å². The molecule has 1 amide bonds. The minimum atomic E-state index is -0.496. The van der Waals surface area contributed by atoms with Gasteiger partial charge in [0, 0.05) is 18.9 Å². The van der Waals surface area contributed by atoms with Gasteiger partial charge in [-0.3, -0.25) is 9.59 Å². The number of carbonyl (C=O) groups is 2. The van der Waals surface area contributed by atoms with Crippen molar-refractivity contribution in [3.8, 4) is 0 Å². The van der Waals surface area contributed by atoms with Crippen LogP contribution in [0.25, 0.3) is 0 Å². The number of hydrogen-bond donors (Lipinski definition) is 2. The van der Waals surface area contributed by atoms with Gasteiger partial charge in [-0.2, -0.15) is 0 Å². The monoisotopic (exact) mass is 210 g/mol. The fourth-order valence-electron chi connectivity index (χ4n) is 1.07. The van der Waals surface area contributed by atoms with E-state index in [0.29, 0.717) is 13.2 Å². The van der Waals surface area contributed by atoms with Crippen molar-refractivity contribution < 1.29 is 14.3 Å². The zero-order valence-electron chi connectivity index (χ0n) is 8.58. The average Bonchev–Trinajstić information content (AvgIpc) is 2.67. The van der Waals surface area contributed by atoms with Gasteiger partial charge in [-0.05, 0) is 18.6 Å². The fourth-order valence-corrected chi connectivity index (χ4v) is 1.07. The molecule has 1 aromatic rings. The van der Waals surface area contributed by atoms with Crippen LogP contribution in [0.1, 0.15) is 18.9 Å². The number of ether oxygens (including phenoxy) is 1. The summed E-state index contributed by atoms with van der Waals surface area (Å²) in [4.78, 5) is 25.0. The molecule has 0 aliphatic rings. The molecule has 0 aromatic carbocycles. The first-order valence-electron chi connectivity index (χ1n) is 4.76. The van der Waals surface area contributed by atoms with Gasteiger partial charge in [-0.1, -0.05) is 0 Å². The number of H-pyrrole nitrogens is 1. The van der Waals surface area contributed by atoms with Gasteiger partial charge in [-0.15, -0.1) is 0 Å². The van der Waals surface area contributed by atoms with E-state index in [4.69, 9.17) is 0 Å². The second kappa shape index (κ2) is 5.85. The van der Waals surface area contributed by atoms with Crippen molar-refractivity contribution in [3.05, 3.63) is 24.0 Å². The SMILES string of the molecule is CCOC(=O)CC(=O)NCc1cc[nH]c1. The second-order valence-corrected chi connectivity index (χ2v) is 2.98. The Bertz CT molecular complexity index is 319. The van der Waals surface area contributed by atoms with E-state index < -0.39 is 5.97 Å². The number of carbonyl (C=O) groups excluding carboxylic acids is 2. The molecular formula is C10H14N2O3. The first kappa shape index (κ1) is 11.3. The van der Waals surface area contributed by atoms with Gasteiger partial charge in [0.25, 0.3) is 0 Å². The zero-order valence-corrected chi connectivity index (χ0v) is 8.58. The maximum absolute atomic E-state index is 11.2. The van der Waals surface area contributed by atoms with E-state index in [1.165, 1.54) is 0 Å².